The minimum absolute atomic E-state index is 0.157. The van der Waals surface area contributed by atoms with Crippen LogP contribution in [0.2, 0.25) is 0 Å². The van der Waals surface area contributed by atoms with Gasteiger partial charge in [-0.15, -0.1) is 10.2 Å². The number of benzene rings is 1. The van der Waals surface area contributed by atoms with E-state index < -0.39 is 0 Å². The number of hydrogen-bond donors (Lipinski definition) is 1. The Kier molecular flexibility index (Phi) is 3.23. The van der Waals surface area contributed by atoms with Gasteiger partial charge < -0.3 is 14.4 Å². The zero-order valence-corrected chi connectivity index (χ0v) is 13.6. The maximum Gasteiger partial charge on any atom is 0.233 e. The maximum atomic E-state index is 10.3. The first kappa shape index (κ1) is 14.5. The van der Waals surface area contributed by atoms with Gasteiger partial charge in [-0.05, 0) is 49.3 Å². The molecule has 126 valence electrons. The van der Waals surface area contributed by atoms with Crippen LogP contribution >= 0.6 is 0 Å². The average molecular weight is 334 g/mol. The molecule has 6 nitrogen and oxygen atoms in total. The minimum atomic E-state index is 0.157. The molecule has 2 fully saturated rings. The Morgan fingerprint density at radius 2 is 1.92 bits per heavy atom. The van der Waals surface area contributed by atoms with Crippen molar-refractivity contribution in [3.63, 3.8) is 0 Å². The maximum absolute atomic E-state index is 10.3. The Labute approximate surface area is 145 Å². The summed E-state index contributed by atoms with van der Waals surface area (Å²) in [6.07, 6.45) is 9.16. The van der Waals surface area contributed by atoms with Crippen LogP contribution in [-0.4, -0.2) is 31.0 Å². The van der Waals surface area contributed by atoms with Gasteiger partial charge in [0.15, 0.2) is 0 Å². The molecule has 2 saturated carbocycles. The van der Waals surface area contributed by atoms with Crippen LogP contribution in [0, 0.1) is 11.8 Å². The van der Waals surface area contributed by atoms with E-state index in [1.54, 1.807) is 18.6 Å². The van der Waals surface area contributed by atoms with E-state index in [0.29, 0.717) is 17.1 Å². The largest absolute Gasteiger partial charge is 0.507 e. The van der Waals surface area contributed by atoms with E-state index in [-0.39, 0.29) is 11.9 Å². The van der Waals surface area contributed by atoms with Crippen LogP contribution in [0.3, 0.4) is 0 Å². The van der Waals surface area contributed by atoms with Crippen molar-refractivity contribution in [3.05, 3.63) is 49.1 Å². The number of hydrogen-bond acceptors (Lipinski definition) is 5. The summed E-state index contributed by atoms with van der Waals surface area (Å²) in [6, 6.07) is 9.10. The summed E-state index contributed by atoms with van der Waals surface area (Å²) < 4.78 is 7.75. The van der Waals surface area contributed by atoms with Crippen molar-refractivity contribution in [2.24, 2.45) is 11.8 Å². The Bertz CT molecular complexity index is 882. The average Bonchev–Trinajstić information content (AvgIpc) is 3.04. The van der Waals surface area contributed by atoms with Gasteiger partial charge in [-0.3, -0.25) is 0 Å². The molecule has 0 aliphatic heterocycles. The predicted octanol–water partition coefficient (Wildman–Crippen LogP) is 3.21. The van der Waals surface area contributed by atoms with E-state index >= 15 is 0 Å². The van der Waals surface area contributed by atoms with Crippen LogP contribution in [0.5, 0.6) is 11.6 Å². The lowest BCUT2D eigenvalue weighted by Crippen LogP contribution is -2.14. The van der Waals surface area contributed by atoms with Crippen LogP contribution in [0.15, 0.2) is 49.1 Å². The van der Waals surface area contributed by atoms with E-state index in [4.69, 9.17) is 4.74 Å². The molecule has 0 spiro atoms. The lowest BCUT2D eigenvalue weighted by molar-refractivity contribution is 0.184. The van der Waals surface area contributed by atoms with Crippen molar-refractivity contribution < 1.29 is 9.84 Å². The number of phenols is 1. The highest BCUT2D eigenvalue weighted by Crippen LogP contribution is 2.52. The molecule has 1 N–H and O–H groups in total. The third-order valence-corrected chi connectivity index (χ3v) is 5.19. The molecule has 0 radical (unpaired) electrons. The highest BCUT2D eigenvalue weighted by Gasteiger charge is 2.46. The number of rotatable bonds is 4. The topological polar surface area (TPSA) is 73.1 Å². The second-order valence-corrected chi connectivity index (χ2v) is 6.90. The van der Waals surface area contributed by atoms with E-state index in [0.717, 1.165) is 30.4 Å². The Balaban J connectivity index is 1.34. The summed E-state index contributed by atoms with van der Waals surface area (Å²) in [6.45, 7) is 0. The lowest BCUT2D eigenvalue weighted by atomic mass is 10.1. The first-order valence-electron chi connectivity index (χ1n) is 8.58. The van der Waals surface area contributed by atoms with Crippen molar-refractivity contribution in [1.82, 2.24) is 19.7 Å². The summed E-state index contributed by atoms with van der Waals surface area (Å²) in [7, 11) is 0. The predicted molar refractivity (Wildman–Crippen MR) is 91.5 cm³/mol. The van der Waals surface area contributed by atoms with Gasteiger partial charge >= 0.3 is 0 Å². The molecule has 1 aromatic carbocycles. The number of aromatic nitrogens is 4. The van der Waals surface area contributed by atoms with Gasteiger partial charge in [0, 0.05) is 30.1 Å². The lowest BCUT2D eigenvalue weighted by Gasteiger charge is -2.14. The van der Waals surface area contributed by atoms with Gasteiger partial charge in [-0.2, -0.15) is 0 Å². The summed E-state index contributed by atoms with van der Waals surface area (Å²) in [4.78, 5) is 4.01. The molecule has 5 rings (SSSR count). The first-order valence-corrected chi connectivity index (χ1v) is 8.58. The molecule has 3 aromatic rings. The van der Waals surface area contributed by atoms with E-state index in [9.17, 15) is 5.11 Å². The molecular formula is C19H18N4O2. The number of imidazole rings is 1. The fourth-order valence-electron chi connectivity index (χ4n) is 3.76. The molecular weight excluding hydrogens is 316 g/mol. The van der Waals surface area contributed by atoms with Crippen molar-refractivity contribution in [2.45, 2.75) is 25.4 Å². The number of aromatic hydroxyl groups is 1. The fraction of sp³-hybridized carbons (Fsp3) is 0.316. The standard InChI is InChI=1S/C19H18N4O2/c24-18-10-14(23-6-5-20-11-23)1-2-16(18)17-3-4-19(22-21-17)25-15-8-12-7-13(12)9-15/h1-6,10-13,15,24H,7-9H2/t12-,13+,15+. The highest BCUT2D eigenvalue weighted by molar-refractivity contribution is 5.68. The fourth-order valence-corrected chi connectivity index (χ4v) is 3.76. The first-order chi connectivity index (χ1) is 12.3. The Morgan fingerprint density at radius 1 is 1.04 bits per heavy atom. The zero-order valence-electron chi connectivity index (χ0n) is 13.6. The summed E-state index contributed by atoms with van der Waals surface area (Å²) in [5.74, 6) is 2.47. The zero-order chi connectivity index (χ0) is 16.8. The number of nitrogens with zero attached hydrogens (tertiary/aromatic N) is 4. The molecule has 25 heavy (non-hydrogen) atoms. The smallest absolute Gasteiger partial charge is 0.233 e. The molecule has 3 atom stereocenters. The van der Waals surface area contributed by atoms with Gasteiger partial charge in [0.1, 0.15) is 11.9 Å². The molecule has 2 aliphatic rings. The van der Waals surface area contributed by atoms with Crippen LogP contribution in [0.25, 0.3) is 16.9 Å². The molecule has 0 unspecified atom stereocenters. The summed E-state index contributed by atoms with van der Waals surface area (Å²) in [5.41, 5.74) is 2.10. The van der Waals surface area contributed by atoms with E-state index in [2.05, 4.69) is 15.2 Å². The van der Waals surface area contributed by atoms with Crippen LogP contribution < -0.4 is 4.74 Å². The monoisotopic (exact) mass is 334 g/mol. The Hall–Kier alpha value is -2.89. The van der Waals surface area contributed by atoms with E-state index in [1.165, 1.54) is 6.42 Å². The second-order valence-electron chi connectivity index (χ2n) is 6.90. The third-order valence-electron chi connectivity index (χ3n) is 5.19. The molecule has 6 heteroatoms. The van der Waals surface area contributed by atoms with Gasteiger partial charge in [0.05, 0.1) is 17.7 Å². The van der Waals surface area contributed by atoms with Crippen LogP contribution in [-0.2, 0) is 0 Å². The molecule has 0 bridgehead atoms. The minimum Gasteiger partial charge on any atom is -0.507 e. The van der Waals surface area contributed by atoms with Crippen LogP contribution in [0.4, 0.5) is 0 Å². The molecule has 2 aromatic heterocycles. The van der Waals surface area contributed by atoms with Crippen molar-refractivity contribution in [3.8, 4) is 28.6 Å². The molecule has 2 heterocycles. The van der Waals surface area contributed by atoms with Gasteiger partial charge in [0.2, 0.25) is 5.88 Å². The number of fused-ring (bicyclic) bond motifs is 1. The molecule has 2 aliphatic carbocycles. The van der Waals surface area contributed by atoms with E-state index in [1.807, 2.05) is 35.0 Å². The van der Waals surface area contributed by atoms with Crippen LogP contribution in [0.1, 0.15) is 19.3 Å². The Morgan fingerprint density at radius 3 is 2.60 bits per heavy atom. The van der Waals surface area contributed by atoms with Gasteiger partial charge in [0.25, 0.3) is 0 Å². The van der Waals surface area contributed by atoms with Crippen molar-refractivity contribution >= 4 is 0 Å². The summed E-state index contributed by atoms with van der Waals surface area (Å²) >= 11 is 0. The number of phenolic OH excluding ortho intramolecular Hbond substituents is 1. The van der Waals surface area contributed by atoms with Gasteiger partial charge in [-0.1, -0.05) is 0 Å². The highest BCUT2D eigenvalue weighted by atomic mass is 16.5. The summed E-state index contributed by atoms with van der Waals surface area (Å²) in [5, 5.41) is 18.7. The number of ether oxygens (including phenoxy) is 1. The molecule has 0 amide bonds. The normalized spacial score (nSPS) is 24.1. The van der Waals surface area contributed by atoms with Gasteiger partial charge in [-0.25, -0.2) is 4.98 Å². The molecule has 0 saturated heterocycles. The quantitative estimate of drug-likeness (QED) is 0.793. The SMILES string of the molecule is Oc1cc(-n2ccnc2)ccc1-c1ccc(O[C@@H]2C[C@@H]3C[C@@H]3C2)nn1. The van der Waals surface area contributed by atoms with Crippen molar-refractivity contribution in [2.75, 3.05) is 0 Å². The second kappa shape index (κ2) is 5.58. The third kappa shape index (κ3) is 2.73. The van der Waals surface area contributed by atoms with Crippen molar-refractivity contribution in [1.29, 1.82) is 0 Å².